The number of aromatic nitrogens is 2. The van der Waals surface area contributed by atoms with Crippen LogP contribution in [0.2, 0.25) is 0 Å². The molecule has 7 rings (SSSR count). The monoisotopic (exact) mass is 862 g/mol. The van der Waals surface area contributed by atoms with Crippen LogP contribution < -0.4 is 20.9 Å². The van der Waals surface area contributed by atoms with E-state index in [1.54, 1.807) is 18.2 Å². The molecule has 1 aliphatic heterocycles. The van der Waals surface area contributed by atoms with E-state index in [0.717, 1.165) is 66.6 Å². The summed E-state index contributed by atoms with van der Waals surface area (Å²) < 4.78 is 52.5. The van der Waals surface area contributed by atoms with Gasteiger partial charge in [-0.05, 0) is 103 Å². The molecule has 12 nitrogen and oxygen atoms in total. The highest BCUT2D eigenvalue weighted by Gasteiger charge is 2.30. The normalized spacial score (nSPS) is 12.9. The van der Waals surface area contributed by atoms with Crippen molar-refractivity contribution in [3.63, 3.8) is 0 Å². The van der Waals surface area contributed by atoms with Crippen molar-refractivity contribution in [1.29, 1.82) is 0 Å². The minimum Gasteiger partial charge on any atom is -0.394 e. The maximum atomic E-state index is 14.0. The molecule has 2 aromatic heterocycles. The van der Waals surface area contributed by atoms with Crippen molar-refractivity contribution in [2.24, 2.45) is 0 Å². The Kier molecular flexibility index (Phi) is 14.8. The van der Waals surface area contributed by atoms with Gasteiger partial charge in [-0.1, -0.05) is 30.3 Å². The van der Waals surface area contributed by atoms with Crippen LogP contribution in [0, 0.1) is 0 Å². The molecule has 4 N–H and O–H groups in total. The highest BCUT2D eigenvalue weighted by molar-refractivity contribution is 6.07. The van der Waals surface area contributed by atoms with Crippen LogP contribution in [0.25, 0.3) is 22.2 Å². The molecular formula is C48H49F3N6O6. The van der Waals surface area contributed by atoms with E-state index in [1.165, 1.54) is 24.4 Å². The summed E-state index contributed by atoms with van der Waals surface area (Å²) in [7, 11) is 0. The van der Waals surface area contributed by atoms with Gasteiger partial charge in [0.2, 0.25) is 0 Å². The predicted molar refractivity (Wildman–Crippen MR) is 235 cm³/mol. The van der Waals surface area contributed by atoms with Crippen LogP contribution in [0.15, 0.2) is 116 Å². The smallest absolute Gasteiger partial charge is 0.394 e. The zero-order valence-corrected chi connectivity index (χ0v) is 34.6. The fraction of sp³-hybridized carbons (Fsp3) is 0.292. The van der Waals surface area contributed by atoms with Gasteiger partial charge >= 0.3 is 6.18 Å². The van der Waals surface area contributed by atoms with E-state index in [0.29, 0.717) is 66.5 Å². The predicted octanol–water partition coefficient (Wildman–Crippen LogP) is 7.70. The lowest BCUT2D eigenvalue weighted by atomic mass is 10.0. The highest BCUT2D eigenvalue weighted by Crippen LogP contribution is 2.34. The number of halogens is 3. The van der Waals surface area contributed by atoms with Gasteiger partial charge in [0, 0.05) is 84.0 Å². The van der Waals surface area contributed by atoms with Gasteiger partial charge in [0.05, 0.1) is 50.0 Å². The largest absolute Gasteiger partial charge is 0.416 e. The molecule has 0 saturated carbocycles. The summed E-state index contributed by atoms with van der Waals surface area (Å²) in [6.07, 6.45) is 2.16. The molecule has 0 atom stereocenters. The van der Waals surface area contributed by atoms with E-state index in [-0.39, 0.29) is 37.1 Å². The van der Waals surface area contributed by atoms with Gasteiger partial charge in [-0.2, -0.15) is 13.2 Å². The third-order valence-electron chi connectivity index (χ3n) is 10.7. The molecule has 0 spiro atoms. The summed E-state index contributed by atoms with van der Waals surface area (Å²) in [6.45, 7) is 3.67. The maximum absolute atomic E-state index is 14.0. The quantitative estimate of drug-likeness (QED) is 0.0644. The molecule has 3 amide bonds. The number of hydrogen-bond acceptors (Lipinski definition) is 8. The molecule has 1 fully saturated rings. The van der Waals surface area contributed by atoms with Crippen LogP contribution in [-0.4, -0.2) is 85.0 Å². The molecule has 6 aromatic rings. The standard InChI is InChI=1S/C48H49F3N6O6/c49-48(50,51)37-10-5-7-33(28-37)31-54-45(59)36-15-17-52-43(29-36)41-30-38(56-19-2-1-3-20-56)13-14-42(41)55-46(60)35-9-4-8-34(27-35)32-57-21-16-39-40(11-6-12-44(39)57)47(61)53-18-23-62-25-26-63-24-22-58/h4-17,21,27-30,58H,1-3,18-20,22-26,31-32H2,(H,53,61)(H,54,59)(H,55,60). The Hall–Kier alpha value is -6.55. The molecule has 1 saturated heterocycles. The number of hydrogen-bond donors (Lipinski definition) is 4. The number of alkyl halides is 3. The van der Waals surface area contributed by atoms with Gasteiger partial charge in [-0.15, -0.1) is 0 Å². The second-order valence-electron chi connectivity index (χ2n) is 15.1. The Morgan fingerprint density at radius 2 is 1.49 bits per heavy atom. The van der Waals surface area contributed by atoms with E-state index >= 15 is 0 Å². The summed E-state index contributed by atoms with van der Waals surface area (Å²) in [4.78, 5) is 47.3. The fourth-order valence-electron chi connectivity index (χ4n) is 7.54. The number of carbonyl (C=O) groups is 3. The highest BCUT2D eigenvalue weighted by atomic mass is 19.4. The number of ether oxygens (including phenoxy) is 2. The number of benzene rings is 4. The summed E-state index contributed by atoms with van der Waals surface area (Å²) in [6, 6.07) is 28.5. The molecular weight excluding hydrogens is 814 g/mol. The van der Waals surface area contributed by atoms with Crippen molar-refractivity contribution in [2.45, 2.75) is 38.5 Å². The van der Waals surface area contributed by atoms with Crippen molar-refractivity contribution in [3.05, 3.63) is 149 Å². The molecule has 0 unspecified atom stereocenters. The second kappa shape index (κ2) is 21.0. The first-order chi connectivity index (χ1) is 30.6. The van der Waals surface area contributed by atoms with Crippen molar-refractivity contribution in [3.8, 4) is 11.3 Å². The molecule has 3 heterocycles. The first kappa shape index (κ1) is 44.5. The van der Waals surface area contributed by atoms with Crippen molar-refractivity contribution in [1.82, 2.24) is 20.2 Å². The van der Waals surface area contributed by atoms with Gasteiger partial charge in [0.25, 0.3) is 17.7 Å². The van der Waals surface area contributed by atoms with E-state index < -0.39 is 17.6 Å². The van der Waals surface area contributed by atoms with Crippen molar-refractivity contribution in [2.75, 3.05) is 62.9 Å². The minimum atomic E-state index is -4.50. The van der Waals surface area contributed by atoms with E-state index in [4.69, 9.17) is 14.6 Å². The van der Waals surface area contributed by atoms with Crippen LogP contribution >= 0.6 is 0 Å². The van der Waals surface area contributed by atoms with E-state index in [2.05, 4.69) is 25.8 Å². The topological polar surface area (TPSA) is 147 Å². The van der Waals surface area contributed by atoms with Crippen molar-refractivity contribution < 1.29 is 42.1 Å². The Morgan fingerprint density at radius 3 is 2.30 bits per heavy atom. The van der Waals surface area contributed by atoms with E-state index in [9.17, 15) is 27.6 Å². The summed E-state index contributed by atoms with van der Waals surface area (Å²) in [5.41, 5.74) is 4.93. The van der Waals surface area contributed by atoms with Crippen LogP contribution in [-0.2, 0) is 28.7 Å². The van der Waals surface area contributed by atoms with E-state index in [1.807, 2.05) is 65.4 Å². The van der Waals surface area contributed by atoms with Crippen LogP contribution in [0.4, 0.5) is 24.5 Å². The van der Waals surface area contributed by atoms with Crippen molar-refractivity contribution >= 4 is 40.0 Å². The number of nitrogens with one attached hydrogen (secondary N) is 3. The SMILES string of the molecule is O=C(NCc1cccc(C(F)(F)F)c1)c1ccnc(-c2cc(N3CCCCC3)ccc2NC(=O)c2cccc(Cn3ccc4c(C(=O)NCCOCCOCCO)cccc43)c2)c1. The molecule has 15 heteroatoms. The Bertz CT molecular complexity index is 2540. The Balaban J connectivity index is 1.05. The van der Waals surface area contributed by atoms with Gasteiger partial charge in [-0.3, -0.25) is 19.4 Å². The number of aliphatic hydroxyl groups is 1. The third kappa shape index (κ3) is 11.7. The zero-order chi connectivity index (χ0) is 44.2. The molecule has 328 valence electrons. The molecule has 4 aromatic carbocycles. The number of nitrogens with zero attached hydrogens (tertiary/aromatic N) is 3. The number of rotatable bonds is 18. The summed E-state index contributed by atoms with van der Waals surface area (Å²) in [5.74, 6) is -1.06. The zero-order valence-electron chi connectivity index (χ0n) is 34.6. The summed E-state index contributed by atoms with van der Waals surface area (Å²) in [5, 5.41) is 18.3. The molecule has 63 heavy (non-hydrogen) atoms. The van der Waals surface area contributed by atoms with Crippen LogP contribution in [0.1, 0.15) is 67.0 Å². The minimum absolute atomic E-state index is 0.0467. The average Bonchev–Trinajstić information content (AvgIpc) is 3.71. The van der Waals surface area contributed by atoms with Gasteiger partial charge in [-0.25, -0.2) is 0 Å². The maximum Gasteiger partial charge on any atom is 0.416 e. The number of fused-ring (bicyclic) bond motifs is 1. The summed E-state index contributed by atoms with van der Waals surface area (Å²) >= 11 is 0. The Labute approximate surface area is 363 Å². The number of anilines is 2. The molecule has 0 radical (unpaired) electrons. The second-order valence-corrected chi connectivity index (χ2v) is 15.1. The Morgan fingerprint density at radius 1 is 0.730 bits per heavy atom. The van der Waals surface area contributed by atoms with Gasteiger partial charge in [0.1, 0.15) is 0 Å². The number of amides is 3. The fourth-order valence-corrected chi connectivity index (χ4v) is 7.54. The number of aliphatic hydroxyl groups excluding tert-OH is 1. The lowest BCUT2D eigenvalue weighted by Crippen LogP contribution is -2.29. The first-order valence-electron chi connectivity index (χ1n) is 20.9. The van der Waals surface area contributed by atoms with Crippen LogP contribution in [0.3, 0.4) is 0 Å². The number of carbonyl (C=O) groups excluding carboxylic acids is 3. The van der Waals surface area contributed by atoms with Gasteiger partial charge < -0.3 is 40.0 Å². The van der Waals surface area contributed by atoms with Crippen LogP contribution in [0.5, 0.6) is 0 Å². The molecule has 0 aliphatic carbocycles. The number of piperidine rings is 1. The third-order valence-corrected chi connectivity index (χ3v) is 10.7. The van der Waals surface area contributed by atoms with Gasteiger partial charge in [0.15, 0.2) is 0 Å². The molecule has 1 aliphatic rings. The lowest BCUT2D eigenvalue weighted by Gasteiger charge is -2.29. The average molecular weight is 863 g/mol. The first-order valence-corrected chi connectivity index (χ1v) is 20.9. The lowest BCUT2D eigenvalue weighted by molar-refractivity contribution is -0.137. The molecule has 0 bridgehead atoms. The number of pyridine rings is 1.